The fraction of sp³-hybridized carbons (Fsp3) is 0.385. The third kappa shape index (κ3) is 1.97. The Kier molecular flexibility index (Phi) is 2.98. The van der Waals surface area contributed by atoms with E-state index in [0.29, 0.717) is 5.95 Å². The van der Waals surface area contributed by atoms with Crippen LogP contribution in [0, 0.1) is 0 Å². The molecule has 0 unspecified atom stereocenters. The number of hydrogen-bond donors (Lipinski definition) is 2. The van der Waals surface area contributed by atoms with Gasteiger partial charge in [-0.25, -0.2) is 4.98 Å². The Labute approximate surface area is 106 Å². The van der Waals surface area contributed by atoms with E-state index in [1.165, 1.54) is 0 Å². The molecule has 5 nitrogen and oxygen atoms in total. The molecule has 1 aliphatic rings. The topological polar surface area (TPSA) is 53.1 Å². The Bertz CT molecular complexity index is 548. The van der Waals surface area contributed by atoms with Crippen LogP contribution in [0.4, 0.5) is 11.8 Å². The molecule has 5 heteroatoms. The third-order valence-electron chi connectivity index (χ3n) is 3.22. The number of hydrogen-bond acceptors (Lipinski definition) is 5. The van der Waals surface area contributed by atoms with Gasteiger partial charge in [0.05, 0.1) is 5.52 Å². The van der Waals surface area contributed by atoms with Crippen molar-refractivity contribution in [3.63, 3.8) is 0 Å². The highest BCUT2D eigenvalue weighted by Gasteiger charge is 2.16. The van der Waals surface area contributed by atoms with Crippen molar-refractivity contribution in [2.24, 2.45) is 0 Å². The van der Waals surface area contributed by atoms with Gasteiger partial charge in [-0.15, -0.1) is 0 Å². The number of para-hydroxylation sites is 1. The van der Waals surface area contributed by atoms with Gasteiger partial charge in [0.15, 0.2) is 0 Å². The molecule has 1 fully saturated rings. The summed E-state index contributed by atoms with van der Waals surface area (Å²) in [6.07, 6.45) is 0. The van der Waals surface area contributed by atoms with Gasteiger partial charge in [0.2, 0.25) is 5.95 Å². The highest BCUT2D eigenvalue weighted by molar-refractivity contribution is 5.90. The molecule has 18 heavy (non-hydrogen) atoms. The molecular weight excluding hydrogens is 226 g/mol. The monoisotopic (exact) mass is 243 g/mol. The molecule has 0 radical (unpaired) electrons. The van der Waals surface area contributed by atoms with Crippen LogP contribution in [-0.2, 0) is 0 Å². The second kappa shape index (κ2) is 4.78. The number of nitrogens with zero attached hydrogens (tertiary/aromatic N) is 3. The molecule has 1 saturated heterocycles. The zero-order valence-corrected chi connectivity index (χ0v) is 10.5. The first-order chi connectivity index (χ1) is 8.88. The third-order valence-corrected chi connectivity index (χ3v) is 3.22. The molecule has 0 saturated carbocycles. The number of fused-ring (bicyclic) bond motifs is 1. The fourth-order valence-electron chi connectivity index (χ4n) is 2.29. The summed E-state index contributed by atoms with van der Waals surface area (Å²) >= 11 is 0. The molecular formula is C13H17N5. The average Bonchev–Trinajstić information content (AvgIpc) is 2.47. The van der Waals surface area contributed by atoms with E-state index < -0.39 is 0 Å². The molecule has 94 valence electrons. The van der Waals surface area contributed by atoms with E-state index in [4.69, 9.17) is 0 Å². The van der Waals surface area contributed by atoms with Gasteiger partial charge in [0, 0.05) is 38.6 Å². The van der Waals surface area contributed by atoms with Gasteiger partial charge < -0.3 is 15.5 Å². The van der Waals surface area contributed by atoms with E-state index in [1.807, 2.05) is 25.2 Å². The summed E-state index contributed by atoms with van der Waals surface area (Å²) in [4.78, 5) is 11.4. The van der Waals surface area contributed by atoms with Crippen LogP contribution in [0.2, 0.25) is 0 Å². The number of benzene rings is 1. The predicted molar refractivity (Wildman–Crippen MR) is 74.2 cm³/mol. The Hall–Kier alpha value is -1.88. The van der Waals surface area contributed by atoms with Gasteiger partial charge in [-0.05, 0) is 12.1 Å². The van der Waals surface area contributed by atoms with E-state index in [0.717, 1.165) is 42.9 Å². The minimum atomic E-state index is 0.683. The lowest BCUT2D eigenvalue weighted by molar-refractivity contribution is 0.586. The van der Waals surface area contributed by atoms with Gasteiger partial charge in [-0.3, -0.25) is 0 Å². The minimum absolute atomic E-state index is 0.683. The van der Waals surface area contributed by atoms with Crippen LogP contribution in [-0.4, -0.2) is 43.2 Å². The Morgan fingerprint density at radius 1 is 1.17 bits per heavy atom. The molecule has 2 heterocycles. The van der Waals surface area contributed by atoms with Crippen LogP contribution < -0.4 is 15.5 Å². The number of aromatic nitrogens is 2. The molecule has 2 aromatic rings. The molecule has 3 rings (SSSR count). The van der Waals surface area contributed by atoms with Gasteiger partial charge in [-0.1, -0.05) is 12.1 Å². The second-order valence-corrected chi connectivity index (χ2v) is 4.38. The van der Waals surface area contributed by atoms with Crippen molar-refractivity contribution in [3.8, 4) is 0 Å². The number of anilines is 2. The van der Waals surface area contributed by atoms with Crippen LogP contribution in [0.15, 0.2) is 24.3 Å². The first kappa shape index (κ1) is 11.2. The summed E-state index contributed by atoms with van der Waals surface area (Å²) in [5.41, 5.74) is 0.991. The van der Waals surface area contributed by atoms with Crippen LogP contribution in [0.3, 0.4) is 0 Å². The van der Waals surface area contributed by atoms with Crippen LogP contribution >= 0.6 is 0 Å². The Balaban J connectivity index is 2.12. The first-order valence-electron chi connectivity index (χ1n) is 6.28. The number of nitrogens with one attached hydrogen (secondary N) is 2. The maximum Gasteiger partial charge on any atom is 0.224 e. The van der Waals surface area contributed by atoms with Crippen molar-refractivity contribution < 1.29 is 0 Å². The maximum absolute atomic E-state index is 4.62. The lowest BCUT2D eigenvalue weighted by Gasteiger charge is -2.29. The van der Waals surface area contributed by atoms with Crippen LogP contribution in [0.5, 0.6) is 0 Å². The van der Waals surface area contributed by atoms with E-state index in [9.17, 15) is 0 Å². The molecule has 1 aliphatic heterocycles. The summed E-state index contributed by atoms with van der Waals surface area (Å²) in [7, 11) is 1.85. The number of piperazine rings is 1. The van der Waals surface area contributed by atoms with Gasteiger partial charge in [0.1, 0.15) is 5.82 Å². The standard InChI is InChI=1S/C13H17N5/c1-14-13-16-11-5-3-2-4-10(11)12(17-13)18-8-6-15-7-9-18/h2-5,15H,6-9H2,1H3,(H,14,16,17). The molecule has 0 amide bonds. The number of rotatable bonds is 2. The van der Waals surface area contributed by atoms with Crippen molar-refractivity contribution in [1.82, 2.24) is 15.3 Å². The average molecular weight is 243 g/mol. The predicted octanol–water partition coefficient (Wildman–Crippen LogP) is 1.08. The largest absolute Gasteiger partial charge is 0.357 e. The molecule has 1 aromatic heterocycles. The normalized spacial score (nSPS) is 15.9. The van der Waals surface area contributed by atoms with E-state index in [-0.39, 0.29) is 0 Å². The summed E-state index contributed by atoms with van der Waals surface area (Å²) in [6, 6.07) is 8.17. The Morgan fingerprint density at radius 3 is 2.72 bits per heavy atom. The molecule has 2 N–H and O–H groups in total. The van der Waals surface area contributed by atoms with Crippen molar-refractivity contribution >= 4 is 22.7 Å². The molecule has 0 aliphatic carbocycles. The lowest BCUT2D eigenvalue weighted by Crippen LogP contribution is -2.44. The lowest BCUT2D eigenvalue weighted by atomic mass is 10.2. The smallest absolute Gasteiger partial charge is 0.224 e. The first-order valence-corrected chi connectivity index (χ1v) is 6.28. The summed E-state index contributed by atoms with van der Waals surface area (Å²) in [6.45, 7) is 3.99. The second-order valence-electron chi connectivity index (χ2n) is 4.38. The molecule has 0 bridgehead atoms. The van der Waals surface area contributed by atoms with Crippen molar-refractivity contribution in [2.45, 2.75) is 0 Å². The Morgan fingerprint density at radius 2 is 1.94 bits per heavy atom. The summed E-state index contributed by atoms with van der Waals surface area (Å²) in [5, 5.41) is 7.52. The van der Waals surface area contributed by atoms with Crippen LogP contribution in [0.25, 0.3) is 10.9 Å². The van der Waals surface area contributed by atoms with Crippen molar-refractivity contribution in [1.29, 1.82) is 0 Å². The van der Waals surface area contributed by atoms with Gasteiger partial charge >= 0.3 is 0 Å². The van der Waals surface area contributed by atoms with Crippen molar-refractivity contribution in [3.05, 3.63) is 24.3 Å². The zero-order valence-electron chi connectivity index (χ0n) is 10.5. The molecule has 0 spiro atoms. The van der Waals surface area contributed by atoms with Crippen molar-refractivity contribution in [2.75, 3.05) is 43.4 Å². The van der Waals surface area contributed by atoms with Crippen LogP contribution in [0.1, 0.15) is 0 Å². The van der Waals surface area contributed by atoms with Gasteiger partial charge in [-0.2, -0.15) is 4.98 Å². The molecule has 1 aromatic carbocycles. The SMILES string of the molecule is CNc1nc(N2CCNCC2)c2ccccc2n1. The van der Waals surface area contributed by atoms with Gasteiger partial charge in [0.25, 0.3) is 0 Å². The van der Waals surface area contributed by atoms with E-state index in [1.54, 1.807) is 0 Å². The zero-order chi connectivity index (χ0) is 12.4. The summed E-state index contributed by atoms with van der Waals surface area (Å²) in [5.74, 6) is 1.72. The molecule has 0 atom stereocenters. The summed E-state index contributed by atoms with van der Waals surface area (Å²) < 4.78 is 0. The minimum Gasteiger partial charge on any atom is -0.357 e. The quantitative estimate of drug-likeness (QED) is 0.826. The van der Waals surface area contributed by atoms with E-state index >= 15 is 0 Å². The highest BCUT2D eigenvalue weighted by Crippen LogP contribution is 2.25. The maximum atomic E-state index is 4.62. The fourth-order valence-corrected chi connectivity index (χ4v) is 2.29. The highest BCUT2D eigenvalue weighted by atomic mass is 15.3. The van der Waals surface area contributed by atoms with E-state index in [2.05, 4.69) is 31.6 Å².